The van der Waals surface area contributed by atoms with Gasteiger partial charge in [-0.25, -0.2) is 0 Å². The van der Waals surface area contributed by atoms with E-state index >= 15 is 0 Å². The summed E-state index contributed by atoms with van der Waals surface area (Å²) in [6.07, 6.45) is 3.22. The molecule has 0 atom stereocenters. The van der Waals surface area contributed by atoms with Crippen LogP contribution < -0.4 is 5.32 Å². The second-order valence-corrected chi connectivity index (χ2v) is 6.23. The maximum absolute atomic E-state index is 12.1. The molecular formula is C12H12Br2ClNO. The van der Waals surface area contributed by atoms with Crippen LogP contribution in [0.3, 0.4) is 0 Å². The summed E-state index contributed by atoms with van der Waals surface area (Å²) in [7, 11) is 0. The van der Waals surface area contributed by atoms with E-state index in [-0.39, 0.29) is 11.4 Å². The second-order valence-electron chi connectivity index (χ2n) is 4.35. The van der Waals surface area contributed by atoms with E-state index in [9.17, 15) is 4.79 Å². The summed E-state index contributed by atoms with van der Waals surface area (Å²) in [6, 6.07) is 5.29. The van der Waals surface area contributed by atoms with Crippen LogP contribution in [0.25, 0.3) is 0 Å². The Bertz CT molecular complexity index is 441. The van der Waals surface area contributed by atoms with Gasteiger partial charge in [0, 0.05) is 9.80 Å². The zero-order chi connectivity index (χ0) is 12.5. The van der Waals surface area contributed by atoms with Crippen LogP contribution in [0.2, 0.25) is 5.02 Å². The Labute approximate surface area is 122 Å². The van der Waals surface area contributed by atoms with Crippen LogP contribution in [0.1, 0.15) is 29.6 Å². The fraction of sp³-hybridized carbons (Fsp3) is 0.417. The van der Waals surface area contributed by atoms with Crippen LogP contribution in [0, 0.1) is 0 Å². The van der Waals surface area contributed by atoms with Gasteiger partial charge in [0.15, 0.2) is 0 Å². The van der Waals surface area contributed by atoms with E-state index < -0.39 is 0 Å². The summed E-state index contributed by atoms with van der Waals surface area (Å²) in [5.41, 5.74) is 0.454. The lowest BCUT2D eigenvalue weighted by Gasteiger charge is -2.41. The van der Waals surface area contributed by atoms with Gasteiger partial charge in [-0.05, 0) is 37.5 Å². The van der Waals surface area contributed by atoms with Crippen molar-refractivity contribution < 1.29 is 4.79 Å². The van der Waals surface area contributed by atoms with Crippen molar-refractivity contribution in [2.75, 3.05) is 5.33 Å². The molecule has 1 N–H and O–H groups in total. The third-order valence-electron chi connectivity index (χ3n) is 3.12. The predicted molar refractivity (Wildman–Crippen MR) is 77.0 cm³/mol. The number of rotatable bonds is 3. The second kappa shape index (κ2) is 5.29. The normalized spacial score (nSPS) is 17.4. The quantitative estimate of drug-likeness (QED) is 0.783. The van der Waals surface area contributed by atoms with Gasteiger partial charge in [0.2, 0.25) is 0 Å². The average molecular weight is 381 g/mol. The van der Waals surface area contributed by atoms with Gasteiger partial charge < -0.3 is 5.32 Å². The zero-order valence-electron chi connectivity index (χ0n) is 9.10. The van der Waals surface area contributed by atoms with Crippen molar-refractivity contribution in [2.24, 2.45) is 0 Å². The molecule has 0 aromatic heterocycles. The van der Waals surface area contributed by atoms with E-state index in [1.54, 1.807) is 12.1 Å². The molecule has 2 rings (SSSR count). The molecule has 2 nitrogen and oxygen atoms in total. The molecule has 92 valence electrons. The minimum Gasteiger partial charge on any atom is -0.346 e. The van der Waals surface area contributed by atoms with Crippen molar-refractivity contribution in [3.63, 3.8) is 0 Å². The van der Waals surface area contributed by atoms with E-state index in [2.05, 4.69) is 37.2 Å². The van der Waals surface area contributed by atoms with Crippen molar-refractivity contribution in [1.82, 2.24) is 5.32 Å². The zero-order valence-corrected chi connectivity index (χ0v) is 13.0. The molecule has 0 spiro atoms. The molecule has 1 aromatic rings. The Morgan fingerprint density at radius 1 is 1.47 bits per heavy atom. The van der Waals surface area contributed by atoms with Gasteiger partial charge in [-0.15, -0.1) is 0 Å². The highest BCUT2D eigenvalue weighted by Gasteiger charge is 2.37. The largest absolute Gasteiger partial charge is 0.346 e. The topological polar surface area (TPSA) is 29.1 Å². The Morgan fingerprint density at radius 3 is 2.65 bits per heavy atom. The molecule has 1 amide bonds. The van der Waals surface area contributed by atoms with E-state index in [0.717, 1.165) is 22.6 Å². The van der Waals surface area contributed by atoms with Crippen molar-refractivity contribution in [2.45, 2.75) is 24.8 Å². The Morgan fingerprint density at radius 2 is 2.18 bits per heavy atom. The summed E-state index contributed by atoms with van der Waals surface area (Å²) in [4.78, 5) is 12.1. The maximum Gasteiger partial charge on any atom is 0.253 e. The minimum atomic E-state index is -0.0957. The van der Waals surface area contributed by atoms with E-state index in [4.69, 9.17) is 11.6 Å². The Hall–Kier alpha value is -0.0600. The number of nitrogens with one attached hydrogen (secondary N) is 1. The summed E-state index contributed by atoms with van der Waals surface area (Å²) >= 11 is 12.8. The first kappa shape index (κ1) is 13.4. The predicted octanol–water partition coefficient (Wildman–Crippen LogP) is 4.15. The first-order valence-corrected chi connectivity index (χ1v) is 7.69. The van der Waals surface area contributed by atoms with Crippen LogP contribution in [0.4, 0.5) is 0 Å². The van der Waals surface area contributed by atoms with Crippen LogP contribution in [0.5, 0.6) is 0 Å². The lowest BCUT2D eigenvalue weighted by Crippen LogP contribution is -2.54. The fourth-order valence-corrected chi connectivity index (χ4v) is 3.34. The first-order valence-electron chi connectivity index (χ1n) is 5.40. The van der Waals surface area contributed by atoms with E-state index in [1.807, 2.05) is 6.07 Å². The molecular weight excluding hydrogens is 369 g/mol. The highest BCUT2D eigenvalue weighted by Crippen LogP contribution is 2.34. The van der Waals surface area contributed by atoms with Gasteiger partial charge in [-0.2, -0.15) is 0 Å². The number of amides is 1. The Balaban J connectivity index is 2.14. The molecule has 0 saturated heterocycles. The molecule has 0 bridgehead atoms. The molecule has 1 saturated carbocycles. The Kier molecular flexibility index (Phi) is 4.16. The number of hydrogen-bond acceptors (Lipinski definition) is 1. The van der Waals surface area contributed by atoms with Gasteiger partial charge >= 0.3 is 0 Å². The standard InChI is InChI=1S/C12H12Br2ClNO/c13-7-12(4-1-5-12)16-11(17)9-3-2-8(14)6-10(9)15/h2-3,6H,1,4-5,7H2,(H,16,17). The number of benzene rings is 1. The maximum atomic E-state index is 12.1. The van der Waals surface area contributed by atoms with Gasteiger partial charge in [0.25, 0.3) is 5.91 Å². The number of alkyl halides is 1. The van der Waals surface area contributed by atoms with Gasteiger partial charge in [0.1, 0.15) is 0 Å². The van der Waals surface area contributed by atoms with Gasteiger partial charge in [0.05, 0.1) is 16.1 Å². The van der Waals surface area contributed by atoms with Crippen molar-refractivity contribution in [3.8, 4) is 0 Å². The van der Waals surface area contributed by atoms with Crippen LogP contribution in [-0.4, -0.2) is 16.8 Å². The number of halogens is 3. The highest BCUT2D eigenvalue weighted by molar-refractivity contribution is 9.10. The monoisotopic (exact) mass is 379 g/mol. The number of carbonyl (C=O) groups is 1. The smallest absolute Gasteiger partial charge is 0.253 e. The van der Waals surface area contributed by atoms with Gasteiger partial charge in [-0.3, -0.25) is 4.79 Å². The SMILES string of the molecule is O=C(NC1(CBr)CCC1)c1ccc(Br)cc1Cl. The van der Waals surface area contributed by atoms with E-state index in [1.165, 1.54) is 6.42 Å². The molecule has 0 unspecified atom stereocenters. The van der Waals surface area contributed by atoms with Crippen LogP contribution >= 0.6 is 43.5 Å². The minimum absolute atomic E-state index is 0.0759. The third-order valence-corrected chi connectivity index (χ3v) is 5.00. The molecule has 17 heavy (non-hydrogen) atoms. The first-order chi connectivity index (χ1) is 8.06. The number of hydrogen-bond donors (Lipinski definition) is 1. The van der Waals surface area contributed by atoms with Crippen molar-refractivity contribution in [3.05, 3.63) is 33.3 Å². The van der Waals surface area contributed by atoms with Crippen molar-refractivity contribution >= 4 is 49.4 Å². The fourth-order valence-electron chi connectivity index (χ4n) is 1.88. The van der Waals surface area contributed by atoms with Gasteiger partial charge in [-0.1, -0.05) is 43.5 Å². The summed E-state index contributed by atoms with van der Waals surface area (Å²) in [5.74, 6) is -0.0957. The lowest BCUT2D eigenvalue weighted by atomic mass is 9.78. The third kappa shape index (κ3) is 2.85. The molecule has 1 aliphatic carbocycles. The van der Waals surface area contributed by atoms with Crippen LogP contribution in [0.15, 0.2) is 22.7 Å². The van der Waals surface area contributed by atoms with Crippen molar-refractivity contribution in [1.29, 1.82) is 0 Å². The summed E-state index contributed by atoms with van der Waals surface area (Å²) in [6.45, 7) is 0. The highest BCUT2D eigenvalue weighted by atomic mass is 79.9. The molecule has 1 aliphatic rings. The molecule has 5 heteroatoms. The molecule has 1 aromatic carbocycles. The molecule has 0 heterocycles. The summed E-state index contributed by atoms with van der Waals surface area (Å²) in [5, 5.41) is 4.34. The lowest BCUT2D eigenvalue weighted by molar-refractivity contribution is 0.0856. The molecule has 1 fully saturated rings. The van der Waals surface area contributed by atoms with Crippen LogP contribution in [-0.2, 0) is 0 Å². The average Bonchev–Trinajstić information content (AvgIpc) is 2.23. The summed E-state index contributed by atoms with van der Waals surface area (Å²) < 4.78 is 0.873. The van der Waals surface area contributed by atoms with E-state index in [0.29, 0.717) is 10.6 Å². The molecule has 0 aliphatic heterocycles. The molecule has 0 radical (unpaired) electrons. The number of carbonyl (C=O) groups excluding carboxylic acids is 1.